The van der Waals surface area contributed by atoms with Gasteiger partial charge in [-0.15, -0.1) is 0 Å². The molecule has 0 bridgehead atoms. The van der Waals surface area contributed by atoms with E-state index < -0.39 is 11.9 Å². The molecule has 1 saturated heterocycles. The van der Waals surface area contributed by atoms with Crippen LogP contribution in [0, 0.1) is 11.2 Å². The van der Waals surface area contributed by atoms with Crippen molar-refractivity contribution in [2.24, 2.45) is 5.41 Å². The third-order valence-electron chi connectivity index (χ3n) is 3.98. The Balaban J connectivity index is 2.29. The van der Waals surface area contributed by atoms with Crippen molar-refractivity contribution >= 4 is 17.7 Å². The van der Waals surface area contributed by atoms with E-state index in [2.05, 4.69) is 9.97 Å². The van der Waals surface area contributed by atoms with E-state index in [9.17, 15) is 14.3 Å². The van der Waals surface area contributed by atoms with Crippen molar-refractivity contribution in [1.82, 2.24) is 14.9 Å². The van der Waals surface area contributed by atoms with Crippen LogP contribution in [0.15, 0.2) is 6.20 Å². The van der Waals surface area contributed by atoms with Gasteiger partial charge in [-0.25, -0.2) is 19.2 Å². The molecular formula is C14H19ClFN3O2. The van der Waals surface area contributed by atoms with Gasteiger partial charge in [0.15, 0.2) is 5.82 Å². The molecule has 2 rings (SSSR count). The number of hydrogen-bond acceptors (Lipinski definition) is 3. The summed E-state index contributed by atoms with van der Waals surface area (Å²) in [7, 11) is 0. The summed E-state index contributed by atoms with van der Waals surface area (Å²) in [4.78, 5) is 20.4. The van der Waals surface area contributed by atoms with E-state index in [1.165, 1.54) is 4.90 Å². The largest absolute Gasteiger partial charge is 0.465 e. The molecule has 1 aliphatic heterocycles. The zero-order valence-electron chi connectivity index (χ0n) is 12.3. The summed E-state index contributed by atoms with van der Waals surface area (Å²) in [6.45, 7) is 6.32. The van der Waals surface area contributed by atoms with Crippen LogP contribution in [0.1, 0.15) is 45.2 Å². The Morgan fingerprint density at radius 2 is 2.19 bits per heavy atom. The van der Waals surface area contributed by atoms with Crippen molar-refractivity contribution in [3.05, 3.63) is 23.0 Å². The van der Waals surface area contributed by atoms with Gasteiger partial charge in [-0.3, -0.25) is 0 Å². The molecule has 1 fully saturated rings. The molecule has 2 heterocycles. The van der Waals surface area contributed by atoms with Crippen LogP contribution in [0.4, 0.5) is 9.18 Å². The SMILES string of the molecule is CC(C)(C)[C@@H]1C[C@@H](c2nc(Cl)ncc2F)CCN1C(=O)O. The highest BCUT2D eigenvalue weighted by Crippen LogP contribution is 2.39. The summed E-state index contributed by atoms with van der Waals surface area (Å²) in [6, 6.07) is -0.193. The summed E-state index contributed by atoms with van der Waals surface area (Å²) in [5.74, 6) is -0.633. The van der Waals surface area contributed by atoms with Gasteiger partial charge in [-0.2, -0.15) is 0 Å². The highest BCUT2D eigenvalue weighted by Gasteiger charge is 2.40. The van der Waals surface area contributed by atoms with E-state index in [4.69, 9.17) is 11.6 Å². The highest BCUT2D eigenvalue weighted by molar-refractivity contribution is 6.28. The lowest BCUT2D eigenvalue weighted by molar-refractivity contribution is 0.0516. The maximum absolute atomic E-state index is 13.9. The van der Waals surface area contributed by atoms with Crippen LogP contribution in [0.3, 0.4) is 0 Å². The number of rotatable bonds is 1. The van der Waals surface area contributed by atoms with E-state index in [-0.39, 0.29) is 28.4 Å². The van der Waals surface area contributed by atoms with E-state index in [0.29, 0.717) is 19.4 Å². The number of aromatic nitrogens is 2. The summed E-state index contributed by atoms with van der Waals surface area (Å²) < 4.78 is 13.9. The maximum atomic E-state index is 13.9. The molecular weight excluding hydrogens is 297 g/mol. The lowest BCUT2D eigenvalue weighted by atomic mass is 9.76. The van der Waals surface area contributed by atoms with Gasteiger partial charge in [0.05, 0.1) is 11.9 Å². The number of piperidine rings is 1. The monoisotopic (exact) mass is 315 g/mol. The van der Waals surface area contributed by atoms with E-state index in [1.54, 1.807) is 0 Å². The standard InChI is InChI=1S/C14H19ClFN3O2/c1-14(2,3)10-6-8(4-5-19(10)13(20)21)11-9(16)7-17-12(15)18-11/h7-8,10H,4-6H2,1-3H3,(H,20,21)/t8-,10-/m0/s1. The number of carboxylic acid groups (broad SMARTS) is 1. The van der Waals surface area contributed by atoms with Crippen LogP contribution in [0.5, 0.6) is 0 Å². The van der Waals surface area contributed by atoms with Crippen LogP contribution < -0.4 is 0 Å². The zero-order valence-corrected chi connectivity index (χ0v) is 13.1. The molecule has 0 spiro atoms. The number of carbonyl (C=O) groups is 1. The van der Waals surface area contributed by atoms with Crippen LogP contribution in [-0.4, -0.2) is 38.7 Å². The van der Waals surface area contributed by atoms with Gasteiger partial charge in [-0.1, -0.05) is 20.8 Å². The molecule has 7 heteroatoms. The number of hydrogen-bond donors (Lipinski definition) is 1. The first kappa shape index (κ1) is 15.9. The molecule has 0 unspecified atom stereocenters. The van der Waals surface area contributed by atoms with E-state index >= 15 is 0 Å². The van der Waals surface area contributed by atoms with Crippen LogP contribution in [0.25, 0.3) is 0 Å². The predicted molar refractivity (Wildman–Crippen MR) is 76.9 cm³/mol. The Morgan fingerprint density at radius 1 is 1.52 bits per heavy atom. The van der Waals surface area contributed by atoms with Crippen molar-refractivity contribution < 1.29 is 14.3 Å². The zero-order chi connectivity index (χ0) is 15.8. The fourth-order valence-corrected chi connectivity index (χ4v) is 3.05. The molecule has 116 valence electrons. The number of nitrogens with zero attached hydrogens (tertiary/aromatic N) is 3. The van der Waals surface area contributed by atoms with E-state index in [1.807, 2.05) is 20.8 Å². The van der Waals surface area contributed by atoms with E-state index in [0.717, 1.165) is 6.20 Å². The first-order valence-corrected chi connectivity index (χ1v) is 7.25. The topological polar surface area (TPSA) is 66.3 Å². The van der Waals surface area contributed by atoms with Gasteiger partial charge in [0, 0.05) is 18.5 Å². The van der Waals surface area contributed by atoms with Crippen molar-refractivity contribution in [2.45, 2.75) is 45.6 Å². The molecule has 0 aromatic carbocycles. The second kappa shape index (κ2) is 5.75. The smallest absolute Gasteiger partial charge is 0.407 e. The van der Waals surface area contributed by atoms with Gasteiger partial charge in [0.2, 0.25) is 5.28 Å². The number of amides is 1. The second-order valence-electron chi connectivity index (χ2n) is 6.45. The van der Waals surface area contributed by atoms with Gasteiger partial charge >= 0.3 is 6.09 Å². The Kier molecular flexibility index (Phi) is 4.37. The van der Waals surface area contributed by atoms with Crippen molar-refractivity contribution in [3.63, 3.8) is 0 Å². The number of likely N-dealkylation sites (tertiary alicyclic amines) is 1. The van der Waals surface area contributed by atoms with Crippen molar-refractivity contribution in [3.8, 4) is 0 Å². The molecule has 1 N–H and O–H groups in total. The molecule has 0 aliphatic carbocycles. The molecule has 0 saturated carbocycles. The molecule has 21 heavy (non-hydrogen) atoms. The van der Waals surface area contributed by atoms with Crippen LogP contribution >= 0.6 is 11.6 Å². The molecule has 2 atom stereocenters. The molecule has 1 aromatic heterocycles. The minimum atomic E-state index is -0.936. The van der Waals surface area contributed by atoms with Gasteiger partial charge in [0.1, 0.15) is 0 Å². The minimum Gasteiger partial charge on any atom is -0.465 e. The summed E-state index contributed by atoms with van der Waals surface area (Å²) in [5.41, 5.74) is 0.0546. The van der Waals surface area contributed by atoms with Gasteiger partial charge < -0.3 is 10.0 Å². The average Bonchev–Trinajstić information content (AvgIpc) is 2.40. The van der Waals surface area contributed by atoms with Crippen LogP contribution in [-0.2, 0) is 0 Å². The Labute approximate surface area is 128 Å². The Hall–Kier alpha value is -1.43. The number of halogens is 2. The second-order valence-corrected chi connectivity index (χ2v) is 6.79. The third-order valence-corrected chi connectivity index (χ3v) is 4.16. The van der Waals surface area contributed by atoms with Gasteiger partial charge in [0.25, 0.3) is 0 Å². The Morgan fingerprint density at radius 3 is 2.76 bits per heavy atom. The molecule has 0 radical (unpaired) electrons. The molecule has 1 aromatic rings. The Bertz CT molecular complexity index is 548. The van der Waals surface area contributed by atoms with Crippen molar-refractivity contribution in [1.29, 1.82) is 0 Å². The first-order chi connectivity index (χ1) is 9.70. The fourth-order valence-electron chi connectivity index (χ4n) is 2.91. The molecule has 5 nitrogen and oxygen atoms in total. The van der Waals surface area contributed by atoms with Crippen LogP contribution in [0.2, 0.25) is 5.28 Å². The first-order valence-electron chi connectivity index (χ1n) is 6.87. The summed E-state index contributed by atoms with van der Waals surface area (Å²) in [6.07, 6.45) is 1.19. The average molecular weight is 316 g/mol. The lowest BCUT2D eigenvalue weighted by Gasteiger charge is -2.44. The quantitative estimate of drug-likeness (QED) is 0.805. The molecule has 1 amide bonds. The minimum absolute atomic E-state index is 0.0133. The fraction of sp³-hybridized carbons (Fsp3) is 0.643. The van der Waals surface area contributed by atoms with Gasteiger partial charge in [-0.05, 0) is 29.9 Å². The predicted octanol–water partition coefficient (Wildman–Crippen LogP) is 3.54. The highest BCUT2D eigenvalue weighted by atomic mass is 35.5. The molecule has 1 aliphatic rings. The summed E-state index contributed by atoms with van der Waals surface area (Å²) >= 11 is 5.75. The normalized spacial score (nSPS) is 23.2. The lowest BCUT2D eigenvalue weighted by Crippen LogP contribution is -2.51. The summed E-state index contributed by atoms with van der Waals surface area (Å²) in [5, 5.41) is 9.35. The van der Waals surface area contributed by atoms with Crippen molar-refractivity contribution in [2.75, 3.05) is 6.54 Å². The third kappa shape index (κ3) is 3.43. The maximum Gasteiger partial charge on any atom is 0.407 e.